The standard InChI is InChI=1S/C19H18O3/c1-4-22-17-12-15(18(20)13(2)3)10-11-16(17)19(21)14-8-6-5-7-9-14/h5-12H,2,4H2,1,3H3. The summed E-state index contributed by atoms with van der Waals surface area (Å²) in [6, 6.07) is 13.9. The molecule has 0 radical (unpaired) electrons. The number of allylic oxidation sites excluding steroid dienone is 1. The van der Waals surface area contributed by atoms with Crippen LogP contribution in [0, 0.1) is 0 Å². The van der Waals surface area contributed by atoms with E-state index in [0.717, 1.165) is 0 Å². The van der Waals surface area contributed by atoms with Crippen LogP contribution in [-0.4, -0.2) is 18.2 Å². The molecule has 0 heterocycles. The number of ketones is 2. The number of carbonyl (C=O) groups excluding carboxylic acids is 2. The van der Waals surface area contributed by atoms with Gasteiger partial charge < -0.3 is 4.74 Å². The molecule has 0 aliphatic carbocycles. The molecular formula is C19H18O3. The molecule has 0 aromatic heterocycles. The van der Waals surface area contributed by atoms with Crippen molar-refractivity contribution >= 4 is 11.6 Å². The first-order valence-corrected chi connectivity index (χ1v) is 7.11. The Hall–Kier alpha value is -2.68. The van der Waals surface area contributed by atoms with Crippen LogP contribution in [0.25, 0.3) is 0 Å². The first-order chi connectivity index (χ1) is 10.5. The monoisotopic (exact) mass is 294 g/mol. The van der Waals surface area contributed by atoms with Crippen LogP contribution in [0.1, 0.15) is 40.1 Å². The average molecular weight is 294 g/mol. The molecule has 3 nitrogen and oxygen atoms in total. The summed E-state index contributed by atoms with van der Waals surface area (Å²) in [5, 5.41) is 0. The van der Waals surface area contributed by atoms with Crippen LogP contribution in [0.15, 0.2) is 60.7 Å². The molecule has 0 spiro atoms. The van der Waals surface area contributed by atoms with Crippen molar-refractivity contribution in [1.29, 1.82) is 0 Å². The maximum Gasteiger partial charge on any atom is 0.196 e. The number of hydrogen-bond donors (Lipinski definition) is 0. The van der Waals surface area contributed by atoms with Gasteiger partial charge in [0, 0.05) is 11.1 Å². The molecule has 0 aliphatic heterocycles. The van der Waals surface area contributed by atoms with E-state index in [9.17, 15) is 9.59 Å². The minimum absolute atomic E-state index is 0.127. The van der Waals surface area contributed by atoms with Crippen LogP contribution < -0.4 is 4.74 Å². The van der Waals surface area contributed by atoms with Gasteiger partial charge in [0.15, 0.2) is 11.6 Å². The summed E-state index contributed by atoms with van der Waals surface area (Å²) >= 11 is 0. The van der Waals surface area contributed by atoms with Crippen LogP contribution in [0.3, 0.4) is 0 Å². The van der Waals surface area contributed by atoms with Gasteiger partial charge in [-0.25, -0.2) is 0 Å². The zero-order chi connectivity index (χ0) is 16.1. The van der Waals surface area contributed by atoms with Gasteiger partial charge in [0.25, 0.3) is 0 Å². The molecule has 0 fully saturated rings. The minimum atomic E-state index is -0.153. The Labute approximate surface area is 130 Å². The summed E-state index contributed by atoms with van der Waals surface area (Å²) in [5.74, 6) is 0.140. The van der Waals surface area contributed by atoms with Crippen molar-refractivity contribution in [2.24, 2.45) is 0 Å². The van der Waals surface area contributed by atoms with E-state index in [4.69, 9.17) is 4.74 Å². The highest BCUT2D eigenvalue weighted by Gasteiger charge is 2.17. The SMILES string of the molecule is C=C(C)C(=O)c1ccc(C(=O)c2ccccc2)c(OCC)c1. The zero-order valence-electron chi connectivity index (χ0n) is 12.8. The summed E-state index contributed by atoms with van der Waals surface area (Å²) in [7, 11) is 0. The number of carbonyl (C=O) groups is 2. The van der Waals surface area contributed by atoms with Crippen molar-refractivity contribution in [2.45, 2.75) is 13.8 Å². The summed E-state index contributed by atoms with van der Waals surface area (Å²) < 4.78 is 5.55. The van der Waals surface area contributed by atoms with E-state index in [1.54, 1.807) is 37.3 Å². The van der Waals surface area contributed by atoms with E-state index >= 15 is 0 Å². The molecule has 22 heavy (non-hydrogen) atoms. The van der Waals surface area contributed by atoms with Crippen LogP contribution >= 0.6 is 0 Å². The molecule has 3 heteroatoms. The van der Waals surface area contributed by atoms with Crippen LogP contribution in [0.5, 0.6) is 5.75 Å². The molecule has 0 amide bonds. The molecule has 112 valence electrons. The number of rotatable bonds is 6. The number of Topliss-reactive ketones (excluding diaryl/α,β-unsaturated/α-hetero) is 1. The van der Waals surface area contributed by atoms with Crippen molar-refractivity contribution < 1.29 is 14.3 Å². The fourth-order valence-corrected chi connectivity index (χ4v) is 2.12. The van der Waals surface area contributed by atoms with E-state index in [-0.39, 0.29) is 11.6 Å². The average Bonchev–Trinajstić information content (AvgIpc) is 2.54. The highest BCUT2D eigenvalue weighted by atomic mass is 16.5. The topological polar surface area (TPSA) is 43.4 Å². The molecule has 0 aliphatic rings. The maximum atomic E-state index is 12.6. The molecule has 2 aromatic rings. The highest BCUT2D eigenvalue weighted by Crippen LogP contribution is 2.25. The summed E-state index contributed by atoms with van der Waals surface area (Å²) in [6.45, 7) is 7.57. The van der Waals surface area contributed by atoms with Gasteiger partial charge in [-0.2, -0.15) is 0 Å². The molecule has 2 rings (SSSR count). The van der Waals surface area contributed by atoms with Gasteiger partial charge in [-0.05, 0) is 31.6 Å². The second-order valence-corrected chi connectivity index (χ2v) is 4.95. The van der Waals surface area contributed by atoms with E-state index in [1.807, 2.05) is 25.1 Å². The predicted molar refractivity (Wildman–Crippen MR) is 86.6 cm³/mol. The normalized spacial score (nSPS) is 10.1. The van der Waals surface area contributed by atoms with Gasteiger partial charge in [0.05, 0.1) is 12.2 Å². The Bertz CT molecular complexity index is 715. The maximum absolute atomic E-state index is 12.6. The molecule has 0 saturated carbocycles. The van der Waals surface area contributed by atoms with Gasteiger partial charge in [0.2, 0.25) is 0 Å². The molecule has 0 unspecified atom stereocenters. The summed E-state index contributed by atoms with van der Waals surface area (Å²) in [6.07, 6.45) is 0. The van der Waals surface area contributed by atoms with Crippen molar-refractivity contribution in [2.75, 3.05) is 6.61 Å². The molecule has 0 N–H and O–H groups in total. The lowest BCUT2D eigenvalue weighted by atomic mass is 9.98. The summed E-state index contributed by atoms with van der Waals surface area (Å²) in [5.41, 5.74) is 1.96. The van der Waals surface area contributed by atoms with Crippen LogP contribution in [0.2, 0.25) is 0 Å². The smallest absolute Gasteiger partial charge is 0.196 e. The van der Waals surface area contributed by atoms with E-state index in [2.05, 4.69) is 6.58 Å². The second-order valence-electron chi connectivity index (χ2n) is 4.95. The Kier molecular flexibility index (Phi) is 4.89. The van der Waals surface area contributed by atoms with Crippen molar-refractivity contribution in [1.82, 2.24) is 0 Å². The molecule has 0 saturated heterocycles. The Morgan fingerprint density at radius 1 is 1.05 bits per heavy atom. The first-order valence-electron chi connectivity index (χ1n) is 7.11. The number of hydrogen-bond acceptors (Lipinski definition) is 3. The third-order valence-corrected chi connectivity index (χ3v) is 3.21. The van der Waals surface area contributed by atoms with Gasteiger partial charge in [-0.1, -0.05) is 43.0 Å². The second kappa shape index (κ2) is 6.85. The Balaban J connectivity index is 2.45. The van der Waals surface area contributed by atoms with Crippen molar-refractivity contribution in [3.05, 3.63) is 77.4 Å². The molecule has 0 atom stereocenters. The van der Waals surface area contributed by atoms with Gasteiger partial charge in [-0.15, -0.1) is 0 Å². The van der Waals surface area contributed by atoms with Gasteiger partial charge in [-0.3, -0.25) is 9.59 Å². The van der Waals surface area contributed by atoms with E-state index < -0.39 is 0 Å². The van der Waals surface area contributed by atoms with E-state index in [0.29, 0.717) is 34.6 Å². The van der Waals surface area contributed by atoms with E-state index in [1.165, 1.54) is 0 Å². The van der Waals surface area contributed by atoms with Crippen LogP contribution in [-0.2, 0) is 0 Å². The molecule has 2 aromatic carbocycles. The third-order valence-electron chi connectivity index (χ3n) is 3.21. The summed E-state index contributed by atoms with van der Waals surface area (Å²) in [4.78, 5) is 24.6. The fourth-order valence-electron chi connectivity index (χ4n) is 2.12. The lowest BCUT2D eigenvalue weighted by Crippen LogP contribution is -2.08. The van der Waals surface area contributed by atoms with Crippen molar-refractivity contribution in [3.8, 4) is 5.75 Å². The largest absolute Gasteiger partial charge is 0.493 e. The van der Waals surface area contributed by atoms with Crippen LogP contribution in [0.4, 0.5) is 0 Å². The van der Waals surface area contributed by atoms with Gasteiger partial charge in [0.1, 0.15) is 5.75 Å². The minimum Gasteiger partial charge on any atom is -0.493 e. The number of ether oxygens (including phenoxy) is 1. The van der Waals surface area contributed by atoms with Gasteiger partial charge >= 0.3 is 0 Å². The lowest BCUT2D eigenvalue weighted by molar-refractivity contribution is 0.102. The zero-order valence-corrected chi connectivity index (χ0v) is 12.8. The predicted octanol–water partition coefficient (Wildman–Crippen LogP) is 4.08. The third kappa shape index (κ3) is 3.31. The lowest BCUT2D eigenvalue weighted by Gasteiger charge is -2.11. The molecule has 0 bridgehead atoms. The highest BCUT2D eigenvalue weighted by molar-refractivity contribution is 6.12. The fraction of sp³-hybridized carbons (Fsp3) is 0.158. The molecular weight excluding hydrogens is 276 g/mol. The Morgan fingerprint density at radius 3 is 2.32 bits per heavy atom. The number of benzene rings is 2. The first kappa shape index (κ1) is 15.7. The van der Waals surface area contributed by atoms with Crippen molar-refractivity contribution in [3.63, 3.8) is 0 Å². The Morgan fingerprint density at radius 2 is 1.73 bits per heavy atom. The quantitative estimate of drug-likeness (QED) is 0.595.